The SMILES string of the molecule is CNCC(C)(C)N1C[C@@H](C(=O)OC)[C@H](c2ccc(F)cc2F)C1. The largest absolute Gasteiger partial charge is 0.469 e. The lowest BCUT2D eigenvalue weighted by molar-refractivity contribution is -0.145. The topological polar surface area (TPSA) is 41.6 Å². The number of carbonyl (C=O) groups is 1. The van der Waals surface area contributed by atoms with Crippen molar-refractivity contribution in [3.05, 3.63) is 35.4 Å². The Kier molecular flexibility index (Phi) is 5.37. The van der Waals surface area contributed by atoms with E-state index in [9.17, 15) is 13.6 Å². The fourth-order valence-electron chi connectivity index (χ4n) is 3.35. The number of hydrogen-bond acceptors (Lipinski definition) is 4. The van der Waals surface area contributed by atoms with Crippen LogP contribution < -0.4 is 5.32 Å². The first kappa shape index (κ1) is 17.8. The van der Waals surface area contributed by atoms with Gasteiger partial charge in [-0.1, -0.05) is 6.07 Å². The summed E-state index contributed by atoms with van der Waals surface area (Å²) in [4.78, 5) is 14.3. The molecule has 0 aliphatic carbocycles. The van der Waals surface area contributed by atoms with Crippen LogP contribution in [0.2, 0.25) is 0 Å². The molecule has 0 aromatic heterocycles. The number of rotatable bonds is 5. The number of likely N-dealkylation sites (tertiary alicyclic amines) is 1. The summed E-state index contributed by atoms with van der Waals surface area (Å²) < 4.78 is 32.3. The van der Waals surface area contributed by atoms with E-state index in [4.69, 9.17) is 4.74 Å². The summed E-state index contributed by atoms with van der Waals surface area (Å²) in [5.41, 5.74) is 0.177. The zero-order valence-corrected chi connectivity index (χ0v) is 14.0. The Morgan fingerprint density at radius 1 is 1.39 bits per heavy atom. The van der Waals surface area contributed by atoms with Gasteiger partial charge < -0.3 is 10.1 Å². The molecule has 1 heterocycles. The second-order valence-electron chi connectivity index (χ2n) is 6.65. The fourth-order valence-corrected chi connectivity index (χ4v) is 3.35. The molecule has 4 nitrogen and oxygen atoms in total. The summed E-state index contributed by atoms with van der Waals surface area (Å²) in [5, 5.41) is 3.13. The molecule has 1 aromatic carbocycles. The highest BCUT2D eigenvalue weighted by Crippen LogP contribution is 2.38. The van der Waals surface area contributed by atoms with Crippen LogP contribution in [0, 0.1) is 17.6 Å². The third-order valence-corrected chi connectivity index (χ3v) is 4.65. The number of carbonyl (C=O) groups excluding carboxylic acids is 1. The van der Waals surface area contributed by atoms with E-state index in [1.807, 2.05) is 7.05 Å². The van der Waals surface area contributed by atoms with Crippen LogP contribution in [0.5, 0.6) is 0 Å². The lowest BCUT2D eigenvalue weighted by atomic mass is 9.88. The highest BCUT2D eigenvalue weighted by atomic mass is 19.1. The monoisotopic (exact) mass is 326 g/mol. The van der Waals surface area contributed by atoms with Crippen LogP contribution in [0.25, 0.3) is 0 Å². The molecule has 0 amide bonds. The number of nitrogens with zero attached hydrogens (tertiary/aromatic N) is 1. The Morgan fingerprint density at radius 2 is 2.09 bits per heavy atom. The molecule has 1 aromatic rings. The van der Waals surface area contributed by atoms with E-state index in [2.05, 4.69) is 24.1 Å². The van der Waals surface area contributed by atoms with Crippen molar-refractivity contribution >= 4 is 5.97 Å². The fraction of sp³-hybridized carbons (Fsp3) is 0.588. The Balaban J connectivity index is 2.33. The van der Waals surface area contributed by atoms with Gasteiger partial charge in [-0.3, -0.25) is 9.69 Å². The Labute approximate surface area is 135 Å². The Bertz CT molecular complexity index is 578. The van der Waals surface area contributed by atoms with E-state index in [1.54, 1.807) is 0 Å². The van der Waals surface area contributed by atoms with Crippen molar-refractivity contribution in [2.45, 2.75) is 25.3 Å². The van der Waals surface area contributed by atoms with Gasteiger partial charge in [-0.05, 0) is 32.5 Å². The quantitative estimate of drug-likeness (QED) is 0.842. The van der Waals surface area contributed by atoms with Gasteiger partial charge in [0, 0.05) is 37.2 Å². The number of nitrogens with one attached hydrogen (secondary N) is 1. The Morgan fingerprint density at radius 3 is 2.65 bits per heavy atom. The van der Waals surface area contributed by atoms with E-state index in [-0.39, 0.29) is 17.4 Å². The minimum atomic E-state index is -0.619. The maximum atomic E-state index is 14.2. The second kappa shape index (κ2) is 6.93. The third kappa shape index (κ3) is 3.70. The highest BCUT2D eigenvalue weighted by Gasteiger charge is 2.44. The molecule has 2 rings (SSSR count). The third-order valence-electron chi connectivity index (χ3n) is 4.65. The van der Waals surface area contributed by atoms with Gasteiger partial charge in [0.1, 0.15) is 11.6 Å². The molecule has 1 saturated heterocycles. The smallest absolute Gasteiger partial charge is 0.310 e. The lowest BCUT2D eigenvalue weighted by Crippen LogP contribution is -2.49. The normalized spacial score (nSPS) is 22.3. The van der Waals surface area contributed by atoms with Crippen molar-refractivity contribution in [2.24, 2.45) is 5.92 Å². The number of esters is 1. The van der Waals surface area contributed by atoms with E-state index in [0.29, 0.717) is 18.7 Å². The molecule has 0 saturated carbocycles. The summed E-state index contributed by atoms with van der Waals surface area (Å²) in [6.45, 7) is 5.89. The van der Waals surface area contributed by atoms with Crippen LogP contribution in [-0.4, -0.2) is 50.2 Å². The molecule has 6 heteroatoms. The Hall–Kier alpha value is -1.53. The van der Waals surface area contributed by atoms with Crippen molar-refractivity contribution in [1.82, 2.24) is 10.2 Å². The molecule has 0 unspecified atom stereocenters. The van der Waals surface area contributed by atoms with Crippen LogP contribution >= 0.6 is 0 Å². The number of likely N-dealkylation sites (N-methyl/N-ethyl adjacent to an activating group) is 1. The van der Waals surface area contributed by atoms with E-state index in [1.165, 1.54) is 19.2 Å². The molecular weight excluding hydrogens is 302 g/mol. The molecule has 1 aliphatic rings. The molecule has 1 aliphatic heterocycles. The van der Waals surface area contributed by atoms with Crippen LogP contribution in [0.1, 0.15) is 25.3 Å². The second-order valence-corrected chi connectivity index (χ2v) is 6.65. The predicted octanol–water partition coefficient (Wildman–Crippen LogP) is 2.15. The van der Waals surface area contributed by atoms with Crippen LogP contribution in [0.4, 0.5) is 8.78 Å². The van der Waals surface area contributed by atoms with Gasteiger partial charge in [-0.15, -0.1) is 0 Å². The minimum Gasteiger partial charge on any atom is -0.469 e. The molecule has 23 heavy (non-hydrogen) atoms. The molecular formula is C17H24F2N2O2. The van der Waals surface area contributed by atoms with Crippen LogP contribution in [0.15, 0.2) is 18.2 Å². The number of ether oxygens (including phenoxy) is 1. The molecule has 0 radical (unpaired) electrons. The zero-order valence-electron chi connectivity index (χ0n) is 14.0. The molecule has 128 valence electrons. The van der Waals surface area contributed by atoms with Gasteiger partial charge in [0.25, 0.3) is 0 Å². The summed E-state index contributed by atoms with van der Waals surface area (Å²) in [7, 11) is 3.20. The van der Waals surface area contributed by atoms with E-state index >= 15 is 0 Å². The summed E-state index contributed by atoms with van der Waals surface area (Å²) in [6.07, 6.45) is 0. The highest BCUT2D eigenvalue weighted by molar-refractivity contribution is 5.74. The van der Waals surface area contributed by atoms with Crippen molar-refractivity contribution in [3.8, 4) is 0 Å². The molecule has 1 fully saturated rings. The first-order valence-corrected chi connectivity index (χ1v) is 7.72. The first-order chi connectivity index (χ1) is 10.8. The maximum Gasteiger partial charge on any atom is 0.310 e. The van der Waals surface area contributed by atoms with Gasteiger partial charge in [0.15, 0.2) is 0 Å². The standard InChI is InChI=1S/C17H24F2N2O2/c1-17(2,10-20-3)21-8-13(14(9-21)16(22)23-4)12-6-5-11(18)7-15(12)19/h5-7,13-14,20H,8-10H2,1-4H3/t13-,14+/m0/s1. The lowest BCUT2D eigenvalue weighted by Gasteiger charge is -2.35. The van der Waals surface area contributed by atoms with Gasteiger partial charge in [0.05, 0.1) is 13.0 Å². The van der Waals surface area contributed by atoms with Gasteiger partial charge in [0.2, 0.25) is 0 Å². The van der Waals surface area contributed by atoms with E-state index in [0.717, 1.165) is 12.6 Å². The first-order valence-electron chi connectivity index (χ1n) is 7.72. The van der Waals surface area contributed by atoms with Gasteiger partial charge >= 0.3 is 5.97 Å². The minimum absolute atomic E-state index is 0.188. The van der Waals surface area contributed by atoms with Crippen molar-refractivity contribution in [3.63, 3.8) is 0 Å². The zero-order chi connectivity index (χ0) is 17.2. The molecule has 2 atom stereocenters. The van der Waals surface area contributed by atoms with E-state index < -0.39 is 17.6 Å². The number of halogens is 2. The summed E-state index contributed by atoms with van der Waals surface area (Å²) in [6, 6.07) is 3.53. The predicted molar refractivity (Wildman–Crippen MR) is 84.2 cm³/mol. The average molecular weight is 326 g/mol. The maximum absolute atomic E-state index is 14.2. The molecule has 0 bridgehead atoms. The van der Waals surface area contributed by atoms with Gasteiger partial charge in [-0.25, -0.2) is 8.78 Å². The molecule has 1 N–H and O–H groups in total. The summed E-state index contributed by atoms with van der Waals surface area (Å²) >= 11 is 0. The number of hydrogen-bond donors (Lipinski definition) is 1. The van der Waals surface area contributed by atoms with Gasteiger partial charge in [-0.2, -0.15) is 0 Å². The van der Waals surface area contributed by atoms with Crippen molar-refractivity contribution in [2.75, 3.05) is 33.8 Å². The molecule has 0 spiro atoms. The van der Waals surface area contributed by atoms with Crippen molar-refractivity contribution < 1.29 is 18.3 Å². The van der Waals surface area contributed by atoms with Crippen LogP contribution in [0.3, 0.4) is 0 Å². The average Bonchev–Trinajstić information content (AvgIpc) is 2.92. The van der Waals surface area contributed by atoms with Crippen molar-refractivity contribution in [1.29, 1.82) is 0 Å². The van der Waals surface area contributed by atoms with Crippen LogP contribution in [-0.2, 0) is 9.53 Å². The summed E-state index contributed by atoms with van der Waals surface area (Å²) in [5.74, 6) is -2.40. The number of methoxy groups -OCH3 is 1. The number of benzene rings is 1.